The van der Waals surface area contributed by atoms with Crippen molar-refractivity contribution in [3.05, 3.63) is 47.5 Å². The van der Waals surface area contributed by atoms with Crippen molar-refractivity contribution in [2.24, 2.45) is 0 Å². The lowest BCUT2D eigenvalue weighted by Crippen LogP contribution is -2.39. The van der Waals surface area contributed by atoms with Crippen molar-refractivity contribution >= 4 is 23.8 Å². The zero-order valence-corrected chi connectivity index (χ0v) is 15.0. The third kappa shape index (κ3) is 4.35. The number of urea groups is 1. The van der Waals surface area contributed by atoms with Crippen molar-refractivity contribution in [3.8, 4) is 5.88 Å². The molecule has 0 saturated heterocycles. The number of aromatic nitrogens is 1. The molecule has 2 aromatic rings. The van der Waals surface area contributed by atoms with Gasteiger partial charge in [0, 0.05) is 18.8 Å². The van der Waals surface area contributed by atoms with Gasteiger partial charge in [-0.25, -0.2) is 4.79 Å². The molecule has 0 fully saturated rings. The first-order chi connectivity index (χ1) is 13.1. The normalized spacial score (nSPS) is 20.1. The Morgan fingerprint density at radius 2 is 2.15 bits per heavy atom. The zero-order valence-electron chi connectivity index (χ0n) is 15.0. The molecule has 0 unspecified atom stereocenters. The highest BCUT2D eigenvalue weighted by atomic mass is 16.5. The van der Waals surface area contributed by atoms with Gasteiger partial charge in [-0.1, -0.05) is 30.3 Å². The SMILES string of the molecule is CNc1c(C=N)cc2nc1OCCC[C@H](O)[C@H](c1ccccc1)NC(=O)N2. The molecule has 8 heteroatoms. The summed E-state index contributed by atoms with van der Waals surface area (Å²) in [5.41, 5.74) is 1.95. The van der Waals surface area contributed by atoms with Crippen LogP contribution < -0.4 is 20.7 Å². The maximum absolute atomic E-state index is 12.5. The van der Waals surface area contributed by atoms with E-state index in [2.05, 4.69) is 20.9 Å². The highest BCUT2D eigenvalue weighted by Crippen LogP contribution is 2.29. The molecule has 2 atom stereocenters. The molecule has 8 nitrogen and oxygen atoms in total. The number of nitrogens with zero attached hydrogens (tertiary/aromatic N) is 1. The number of carbonyl (C=O) groups is 1. The Kier molecular flexibility index (Phi) is 5.87. The zero-order chi connectivity index (χ0) is 19.2. The smallest absolute Gasteiger partial charge is 0.320 e. The number of aliphatic hydroxyl groups is 1. The van der Waals surface area contributed by atoms with E-state index < -0.39 is 18.2 Å². The first kappa shape index (κ1) is 18.7. The van der Waals surface area contributed by atoms with Crippen molar-refractivity contribution in [1.82, 2.24) is 10.3 Å². The number of anilines is 2. The molecule has 142 valence electrons. The van der Waals surface area contributed by atoms with Gasteiger partial charge in [-0.15, -0.1) is 0 Å². The molecule has 0 spiro atoms. The Hall–Kier alpha value is -3.13. The van der Waals surface area contributed by atoms with E-state index >= 15 is 0 Å². The number of carbonyl (C=O) groups excluding carboxylic acids is 1. The van der Waals surface area contributed by atoms with Crippen LogP contribution >= 0.6 is 0 Å². The van der Waals surface area contributed by atoms with E-state index in [-0.39, 0.29) is 5.82 Å². The summed E-state index contributed by atoms with van der Waals surface area (Å²) in [5, 5.41) is 26.7. The Balaban J connectivity index is 1.92. The summed E-state index contributed by atoms with van der Waals surface area (Å²) in [6, 6.07) is 9.88. The topological polar surface area (TPSA) is 119 Å². The van der Waals surface area contributed by atoms with Gasteiger partial charge in [-0.3, -0.25) is 5.32 Å². The number of fused-ring (bicyclic) bond motifs is 2. The van der Waals surface area contributed by atoms with Gasteiger partial charge in [0.15, 0.2) is 0 Å². The summed E-state index contributed by atoms with van der Waals surface area (Å²) in [5.74, 6) is 0.574. The highest BCUT2D eigenvalue weighted by Gasteiger charge is 2.24. The molecule has 1 aliphatic rings. The molecule has 3 rings (SSSR count). The standard InChI is InChI=1S/C19H23N5O3/c1-21-17-13(11-20)10-15-22-18(17)27-9-5-8-14(25)16(24-19(26)23-15)12-6-3-2-4-7-12/h2-4,6-7,10-11,14,16,20-21,25H,5,8-9H2,1H3,(H2,22,23,24,26)/t14-,16-/m0/s1. The molecule has 2 amide bonds. The summed E-state index contributed by atoms with van der Waals surface area (Å²) in [6.45, 7) is 0.356. The molecule has 1 aliphatic heterocycles. The van der Waals surface area contributed by atoms with E-state index in [0.717, 1.165) is 5.56 Å². The highest BCUT2D eigenvalue weighted by molar-refractivity contribution is 5.93. The number of amides is 2. The number of ether oxygens (including phenoxy) is 1. The van der Waals surface area contributed by atoms with Gasteiger partial charge in [-0.05, 0) is 24.5 Å². The summed E-state index contributed by atoms with van der Waals surface area (Å²) in [4.78, 5) is 16.8. The molecule has 0 radical (unpaired) electrons. The number of pyridine rings is 1. The van der Waals surface area contributed by atoms with Crippen LogP contribution in [0.2, 0.25) is 0 Å². The van der Waals surface area contributed by atoms with Crippen molar-refractivity contribution in [3.63, 3.8) is 0 Å². The van der Waals surface area contributed by atoms with Gasteiger partial charge in [0.2, 0.25) is 5.88 Å². The lowest BCUT2D eigenvalue weighted by atomic mass is 9.98. The molecule has 2 heterocycles. The number of nitrogens with one attached hydrogen (secondary N) is 4. The van der Waals surface area contributed by atoms with Crippen molar-refractivity contribution in [1.29, 1.82) is 5.41 Å². The van der Waals surface area contributed by atoms with E-state index in [9.17, 15) is 9.90 Å². The van der Waals surface area contributed by atoms with Crippen LogP contribution in [0.25, 0.3) is 0 Å². The Morgan fingerprint density at radius 3 is 2.85 bits per heavy atom. The fourth-order valence-corrected chi connectivity index (χ4v) is 3.06. The number of hydrogen-bond donors (Lipinski definition) is 5. The van der Waals surface area contributed by atoms with Crippen LogP contribution in [0, 0.1) is 5.41 Å². The van der Waals surface area contributed by atoms with Crippen LogP contribution in [-0.4, -0.2) is 42.1 Å². The quantitative estimate of drug-likeness (QED) is 0.533. The predicted octanol–water partition coefficient (Wildman–Crippen LogP) is 2.52. The maximum Gasteiger partial charge on any atom is 0.320 e. The van der Waals surface area contributed by atoms with E-state index in [1.807, 2.05) is 30.3 Å². The van der Waals surface area contributed by atoms with Gasteiger partial charge >= 0.3 is 6.03 Å². The molecule has 0 saturated carbocycles. The molecule has 0 aliphatic carbocycles. The molecular formula is C19H23N5O3. The van der Waals surface area contributed by atoms with Crippen LogP contribution in [0.5, 0.6) is 5.88 Å². The number of hydrogen-bond acceptors (Lipinski definition) is 6. The van der Waals surface area contributed by atoms with Crippen molar-refractivity contribution in [2.75, 3.05) is 24.3 Å². The number of aliphatic hydroxyl groups excluding tert-OH is 1. The first-order valence-corrected chi connectivity index (χ1v) is 8.79. The second-order valence-electron chi connectivity index (χ2n) is 6.22. The molecule has 1 aromatic heterocycles. The predicted molar refractivity (Wildman–Crippen MR) is 104 cm³/mol. The lowest BCUT2D eigenvalue weighted by molar-refractivity contribution is 0.113. The Labute approximate surface area is 157 Å². The minimum absolute atomic E-state index is 0.266. The van der Waals surface area contributed by atoms with E-state index in [1.54, 1.807) is 13.1 Å². The minimum Gasteiger partial charge on any atom is -0.476 e. The second-order valence-corrected chi connectivity index (χ2v) is 6.22. The van der Waals surface area contributed by atoms with Crippen molar-refractivity contribution < 1.29 is 14.6 Å². The molecular weight excluding hydrogens is 346 g/mol. The Bertz CT molecular complexity index is 812. The largest absolute Gasteiger partial charge is 0.476 e. The van der Waals surface area contributed by atoms with Gasteiger partial charge in [0.1, 0.15) is 11.5 Å². The molecule has 27 heavy (non-hydrogen) atoms. The monoisotopic (exact) mass is 369 g/mol. The van der Waals surface area contributed by atoms with Crippen LogP contribution in [0.4, 0.5) is 16.3 Å². The van der Waals surface area contributed by atoms with Gasteiger partial charge in [-0.2, -0.15) is 4.98 Å². The summed E-state index contributed by atoms with van der Waals surface area (Å²) in [7, 11) is 1.72. The van der Waals surface area contributed by atoms with Gasteiger partial charge < -0.3 is 25.9 Å². The third-order valence-corrected chi connectivity index (χ3v) is 4.38. The van der Waals surface area contributed by atoms with Crippen LogP contribution in [0.15, 0.2) is 36.4 Å². The number of rotatable bonds is 3. The minimum atomic E-state index is -0.756. The van der Waals surface area contributed by atoms with Crippen LogP contribution in [0.3, 0.4) is 0 Å². The first-order valence-electron chi connectivity index (χ1n) is 8.79. The summed E-state index contributed by atoms with van der Waals surface area (Å²) in [6.07, 6.45) is 1.45. The molecule has 5 N–H and O–H groups in total. The fraction of sp³-hybridized carbons (Fsp3) is 0.316. The molecule has 1 aromatic carbocycles. The van der Waals surface area contributed by atoms with Gasteiger partial charge in [0.05, 0.1) is 18.8 Å². The van der Waals surface area contributed by atoms with Crippen LogP contribution in [0.1, 0.15) is 30.0 Å². The summed E-state index contributed by atoms with van der Waals surface area (Å²) < 4.78 is 5.75. The average molecular weight is 369 g/mol. The van der Waals surface area contributed by atoms with Crippen LogP contribution in [-0.2, 0) is 0 Å². The third-order valence-electron chi connectivity index (χ3n) is 4.38. The van der Waals surface area contributed by atoms with Crippen molar-refractivity contribution in [2.45, 2.75) is 25.0 Å². The van der Waals surface area contributed by atoms with E-state index in [1.165, 1.54) is 6.21 Å². The average Bonchev–Trinajstić information content (AvgIpc) is 2.68. The number of benzene rings is 1. The molecule has 2 bridgehead atoms. The summed E-state index contributed by atoms with van der Waals surface area (Å²) >= 11 is 0. The van der Waals surface area contributed by atoms with E-state index in [4.69, 9.17) is 10.1 Å². The Morgan fingerprint density at radius 1 is 1.37 bits per heavy atom. The maximum atomic E-state index is 12.5. The van der Waals surface area contributed by atoms with Gasteiger partial charge in [0.25, 0.3) is 0 Å². The lowest BCUT2D eigenvalue weighted by Gasteiger charge is -2.26. The fourth-order valence-electron chi connectivity index (χ4n) is 3.06. The second kappa shape index (κ2) is 8.50. The van der Waals surface area contributed by atoms with E-state index in [0.29, 0.717) is 36.6 Å².